The maximum absolute atomic E-state index is 9.14. The molecule has 0 radical (unpaired) electrons. The molecule has 0 spiro atoms. The predicted octanol–water partition coefficient (Wildman–Crippen LogP) is 3.22. The number of imidazole rings is 1. The first-order valence-electron chi connectivity index (χ1n) is 5.55. The van der Waals surface area contributed by atoms with Crippen LogP contribution < -0.4 is 0 Å². The standard InChI is InChI=1S/C13H15N3/c1-9(2)7-10(8-14)13-15-11-5-3-4-6-12(11)16-13/h3-6,9-10H,7H2,1-2H3,(H,15,16). The van der Waals surface area contributed by atoms with Crippen LogP contribution in [0, 0.1) is 17.2 Å². The molecule has 16 heavy (non-hydrogen) atoms. The van der Waals surface area contributed by atoms with Crippen molar-refractivity contribution in [2.45, 2.75) is 26.2 Å². The van der Waals surface area contributed by atoms with Gasteiger partial charge in [0.05, 0.1) is 17.1 Å². The van der Waals surface area contributed by atoms with E-state index < -0.39 is 0 Å². The summed E-state index contributed by atoms with van der Waals surface area (Å²) in [6.07, 6.45) is 0.844. The number of hydrogen-bond donors (Lipinski definition) is 1. The number of nitriles is 1. The van der Waals surface area contributed by atoms with Gasteiger partial charge >= 0.3 is 0 Å². The normalized spacial score (nSPS) is 12.9. The summed E-state index contributed by atoms with van der Waals surface area (Å²) in [6, 6.07) is 10.2. The van der Waals surface area contributed by atoms with Crippen LogP contribution in [0.25, 0.3) is 11.0 Å². The molecule has 0 fully saturated rings. The van der Waals surface area contributed by atoms with Gasteiger partial charge in [-0.15, -0.1) is 0 Å². The minimum absolute atomic E-state index is 0.132. The molecule has 0 saturated carbocycles. The zero-order valence-electron chi connectivity index (χ0n) is 9.57. The molecule has 2 aromatic rings. The number of rotatable bonds is 3. The smallest absolute Gasteiger partial charge is 0.124 e. The van der Waals surface area contributed by atoms with Crippen molar-refractivity contribution >= 4 is 11.0 Å². The summed E-state index contributed by atoms with van der Waals surface area (Å²) < 4.78 is 0. The molecule has 0 aliphatic heterocycles. The molecule has 2 rings (SSSR count). The molecule has 0 saturated heterocycles. The molecule has 1 aromatic carbocycles. The van der Waals surface area contributed by atoms with Crippen molar-refractivity contribution in [3.63, 3.8) is 0 Å². The Labute approximate surface area is 95.1 Å². The third-order valence-electron chi connectivity index (χ3n) is 2.60. The number of aromatic nitrogens is 2. The Balaban J connectivity index is 2.35. The topological polar surface area (TPSA) is 52.5 Å². The van der Waals surface area contributed by atoms with Crippen LogP contribution >= 0.6 is 0 Å². The summed E-state index contributed by atoms with van der Waals surface area (Å²) in [5, 5.41) is 9.14. The van der Waals surface area contributed by atoms with E-state index in [4.69, 9.17) is 5.26 Å². The zero-order chi connectivity index (χ0) is 11.5. The highest BCUT2D eigenvalue weighted by molar-refractivity contribution is 5.74. The Kier molecular flexibility index (Phi) is 2.91. The second-order valence-electron chi connectivity index (χ2n) is 4.45. The average Bonchev–Trinajstić information content (AvgIpc) is 2.68. The van der Waals surface area contributed by atoms with Gasteiger partial charge in [0.2, 0.25) is 0 Å². The number of nitrogens with one attached hydrogen (secondary N) is 1. The first-order valence-corrected chi connectivity index (χ1v) is 5.55. The first kappa shape index (κ1) is 10.7. The van der Waals surface area contributed by atoms with Crippen molar-refractivity contribution in [1.29, 1.82) is 5.26 Å². The van der Waals surface area contributed by atoms with Crippen molar-refractivity contribution in [3.05, 3.63) is 30.1 Å². The van der Waals surface area contributed by atoms with Gasteiger partial charge in [0.1, 0.15) is 11.7 Å². The molecule has 1 unspecified atom stereocenters. The van der Waals surface area contributed by atoms with Crippen LogP contribution in [-0.2, 0) is 0 Å². The Bertz CT molecular complexity index is 486. The molecule has 1 heterocycles. The lowest BCUT2D eigenvalue weighted by molar-refractivity contribution is 0.544. The SMILES string of the molecule is CC(C)CC(C#N)c1nc2ccccc2[nH]1. The number of hydrogen-bond acceptors (Lipinski definition) is 2. The number of para-hydroxylation sites is 2. The lowest BCUT2D eigenvalue weighted by atomic mass is 9.98. The van der Waals surface area contributed by atoms with Crippen molar-refractivity contribution in [2.24, 2.45) is 5.92 Å². The van der Waals surface area contributed by atoms with Crippen molar-refractivity contribution in [2.75, 3.05) is 0 Å². The van der Waals surface area contributed by atoms with Gasteiger partial charge in [-0.05, 0) is 24.5 Å². The molecule has 0 aliphatic carbocycles. The highest BCUT2D eigenvalue weighted by Crippen LogP contribution is 2.22. The van der Waals surface area contributed by atoms with Gasteiger partial charge in [-0.3, -0.25) is 0 Å². The van der Waals surface area contributed by atoms with Crippen LogP contribution in [0.15, 0.2) is 24.3 Å². The molecular weight excluding hydrogens is 198 g/mol. The van der Waals surface area contributed by atoms with E-state index in [1.165, 1.54) is 0 Å². The van der Waals surface area contributed by atoms with E-state index in [9.17, 15) is 0 Å². The fraction of sp³-hybridized carbons (Fsp3) is 0.385. The van der Waals surface area contributed by atoms with Crippen molar-refractivity contribution in [1.82, 2.24) is 9.97 Å². The number of H-pyrrole nitrogens is 1. The fourth-order valence-corrected chi connectivity index (χ4v) is 1.83. The van der Waals surface area contributed by atoms with Gasteiger partial charge in [-0.2, -0.15) is 5.26 Å². The van der Waals surface area contributed by atoms with Gasteiger partial charge in [-0.1, -0.05) is 26.0 Å². The van der Waals surface area contributed by atoms with E-state index in [1.807, 2.05) is 24.3 Å². The van der Waals surface area contributed by atoms with E-state index in [0.717, 1.165) is 23.3 Å². The highest BCUT2D eigenvalue weighted by atomic mass is 14.9. The minimum Gasteiger partial charge on any atom is -0.341 e. The van der Waals surface area contributed by atoms with Gasteiger partial charge in [0.15, 0.2) is 0 Å². The number of fused-ring (bicyclic) bond motifs is 1. The van der Waals surface area contributed by atoms with Crippen molar-refractivity contribution < 1.29 is 0 Å². The summed E-state index contributed by atoms with van der Waals surface area (Å²) in [6.45, 7) is 4.24. The van der Waals surface area contributed by atoms with Crippen LogP contribution in [0.4, 0.5) is 0 Å². The van der Waals surface area contributed by atoms with Gasteiger partial charge in [0, 0.05) is 0 Å². The van der Waals surface area contributed by atoms with Crippen LogP contribution in [0.1, 0.15) is 32.0 Å². The van der Waals surface area contributed by atoms with E-state index >= 15 is 0 Å². The van der Waals surface area contributed by atoms with E-state index in [-0.39, 0.29) is 5.92 Å². The van der Waals surface area contributed by atoms with Gasteiger partial charge < -0.3 is 4.98 Å². The van der Waals surface area contributed by atoms with E-state index in [0.29, 0.717) is 5.92 Å². The molecule has 0 amide bonds. The molecule has 1 N–H and O–H groups in total. The zero-order valence-corrected chi connectivity index (χ0v) is 9.57. The molecule has 1 atom stereocenters. The summed E-state index contributed by atoms with van der Waals surface area (Å²) in [5.74, 6) is 1.16. The third-order valence-corrected chi connectivity index (χ3v) is 2.60. The Hall–Kier alpha value is -1.82. The second kappa shape index (κ2) is 4.36. The van der Waals surface area contributed by atoms with Crippen LogP contribution in [0.5, 0.6) is 0 Å². The van der Waals surface area contributed by atoms with E-state index in [2.05, 4.69) is 29.9 Å². The van der Waals surface area contributed by atoms with Crippen LogP contribution in [-0.4, -0.2) is 9.97 Å². The van der Waals surface area contributed by atoms with Crippen molar-refractivity contribution in [3.8, 4) is 6.07 Å². The maximum atomic E-state index is 9.14. The lowest BCUT2D eigenvalue weighted by Gasteiger charge is -2.08. The molecule has 3 nitrogen and oxygen atoms in total. The first-order chi connectivity index (χ1) is 7.70. The molecule has 0 bridgehead atoms. The molecule has 1 aromatic heterocycles. The van der Waals surface area contributed by atoms with Crippen LogP contribution in [0.3, 0.4) is 0 Å². The number of aromatic amines is 1. The summed E-state index contributed by atoms with van der Waals surface area (Å²) >= 11 is 0. The number of nitrogens with zero attached hydrogens (tertiary/aromatic N) is 2. The Morgan fingerprint density at radius 2 is 2.12 bits per heavy atom. The van der Waals surface area contributed by atoms with E-state index in [1.54, 1.807) is 0 Å². The number of benzene rings is 1. The molecular formula is C13H15N3. The molecule has 0 aliphatic rings. The Morgan fingerprint density at radius 3 is 2.75 bits per heavy atom. The summed E-state index contributed by atoms with van der Waals surface area (Å²) in [7, 11) is 0. The van der Waals surface area contributed by atoms with Gasteiger partial charge in [0.25, 0.3) is 0 Å². The fourth-order valence-electron chi connectivity index (χ4n) is 1.83. The quantitative estimate of drug-likeness (QED) is 0.851. The molecule has 3 heteroatoms. The molecule has 82 valence electrons. The summed E-state index contributed by atoms with van der Waals surface area (Å²) in [5.41, 5.74) is 1.93. The average molecular weight is 213 g/mol. The predicted molar refractivity (Wildman–Crippen MR) is 63.9 cm³/mol. The second-order valence-corrected chi connectivity index (χ2v) is 4.45. The largest absolute Gasteiger partial charge is 0.341 e. The highest BCUT2D eigenvalue weighted by Gasteiger charge is 2.16. The monoisotopic (exact) mass is 213 g/mol. The maximum Gasteiger partial charge on any atom is 0.124 e. The lowest BCUT2D eigenvalue weighted by Crippen LogP contribution is -2.02. The summed E-state index contributed by atoms with van der Waals surface area (Å²) in [4.78, 5) is 7.68. The van der Waals surface area contributed by atoms with Gasteiger partial charge in [-0.25, -0.2) is 4.98 Å². The third kappa shape index (κ3) is 2.06. The Morgan fingerprint density at radius 1 is 1.38 bits per heavy atom. The minimum atomic E-state index is -0.132. The van der Waals surface area contributed by atoms with Crippen LogP contribution in [0.2, 0.25) is 0 Å².